The van der Waals surface area contributed by atoms with Crippen molar-refractivity contribution in [3.63, 3.8) is 0 Å². The monoisotopic (exact) mass is 452 g/mol. The van der Waals surface area contributed by atoms with Crippen molar-refractivity contribution < 1.29 is 4.79 Å². The topological polar surface area (TPSA) is 79.8 Å². The van der Waals surface area contributed by atoms with Crippen LogP contribution in [0.5, 0.6) is 0 Å². The van der Waals surface area contributed by atoms with Crippen LogP contribution in [-0.4, -0.2) is 20.7 Å². The minimum absolute atomic E-state index is 0.156. The van der Waals surface area contributed by atoms with Gasteiger partial charge in [-0.15, -0.1) is 0 Å². The summed E-state index contributed by atoms with van der Waals surface area (Å²) in [5, 5.41) is 6.96. The lowest BCUT2D eigenvalue weighted by molar-refractivity contribution is 0.103. The number of anilines is 1. The maximum Gasteiger partial charge on any atom is 0.277 e. The van der Waals surface area contributed by atoms with Crippen molar-refractivity contribution in [1.29, 1.82) is 0 Å². The molecule has 2 aromatic carbocycles. The molecule has 0 aliphatic carbocycles. The number of nitrogens with zero attached hydrogens (tertiary/aromatic N) is 2. The first-order valence-electron chi connectivity index (χ1n) is 9.72. The first-order chi connectivity index (χ1) is 14.8. The number of carbonyl (C=O) groups excluding carboxylic acids is 1. The van der Waals surface area contributed by atoms with E-state index in [0.29, 0.717) is 38.4 Å². The van der Waals surface area contributed by atoms with Gasteiger partial charge in [-0.25, -0.2) is 4.98 Å². The Morgan fingerprint density at radius 3 is 2.45 bits per heavy atom. The van der Waals surface area contributed by atoms with Gasteiger partial charge in [-0.2, -0.15) is 4.68 Å². The van der Waals surface area contributed by atoms with Crippen molar-refractivity contribution >= 4 is 34.5 Å². The van der Waals surface area contributed by atoms with E-state index in [1.807, 2.05) is 38.1 Å². The van der Waals surface area contributed by atoms with E-state index in [9.17, 15) is 9.59 Å². The molecule has 2 aromatic heterocycles. The highest BCUT2D eigenvalue weighted by Crippen LogP contribution is 2.23. The number of H-pyrrole nitrogens is 1. The lowest BCUT2D eigenvalue weighted by Gasteiger charge is -2.03. The number of hydrogen-bond donors (Lipinski definition) is 2. The highest BCUT2D eigenvalue weighted by molar-refractivity contribution is 7.16. The van der Waals surface area contributed by atoms with E-state index in [4.69, 9.17) is 11.6 Å². The van der Waals surface area contributed by atoms with Gasteiger partial charge in [0.1, 0.15) is 4.88 Å². The van der Waals surface area contributed by atoms with Crippen LogP contribution in [0.15, 0.2) is 53.3 Å². The second-order valence-electron chi connectivity index (χ2n) is 7.39. The molecule has 4 aromatic rings. The maximum atomic E-state index is 13.1. The molecule has 31 heavy (non-hydrogen) atoms. The third-order valence-corrected chi connectivity index (χ3v) is 6.37. The van der Waals surface area contributed by atoms with Crippen molar-refractivity contribution in [2.75, 3.05) is 5.32 Å². The smallest absolute Gasteiger partial charge is 0.277 e. The molecule has 0 bridgehead atoms. The van der Waals surface area contributed by atoms with Gasteiger partial charge in [-0.1, -0.05) is 52.8 Å². The van der Waals surface area contributed by atoms with Crippen LogP contribution < -0.4 is 10.9 Å². The molecule has 6 nitrogen and oxygen atoms in total. The van der Waals surface area contributed by atoms with Crippen LogP contribution in [0.2, 0.25) is 5.02 Å². The predicted octanol–water partition coefficient (Wildman–Crippen LogP) is 5.04. The third-order valence-electron chi connectivity index (χ3n) is 4.98. The first-order valence-corrected chi connectivity index (χ1v) is 10.9. The van der Waals surface area contributed by atoms with Crippen LogP contribution >= 0.6 is 22.9 Å². The van der Waals surface area contributed by atoms with Crippen LogP contribution in [0.25, 0.3) is 5.13 Å². The molecule has 0 spiro atoms. The average Bonchev–Trinajstić information content (AvgIpc) is 3.26. The molecular formula is C23H21ClN4O2S. The number of aromatic amines is 1. The Balaban J connectivity index is 1.60. The van der Waals surface area contributed by atoms with E-state index in [-0.39, 0.29) is 11.5 Å². The minimum Gasteiger partial charge on any atom is -0.321 e. The molecule has 2 heterocycles. The Labute approximate surface area is 188 Å². The van der Waals surface area contributed by atoms with Gasteiger partial charge < -0.3 is 5.32 Å². The van der Waals surface area contributed by atoms with Gasteiger partial charge in [0.25, 0.3) is 11.5 Å². The number of aryl methyl sites for hydroxylation is 3. The fourth-order valence-corrected chi connectivity index (χ4v) is 4.29. The average molecular weight is 453 g/mol. The van der Waals surface area contributed by atoms with E-state index < -0.39 is 0 Å². The summed E-state index contributed by atoms with van der Waals surface area (Å²) < 4.78 is 1.41. The van der Waals surface area contributed by atoms with E-state index in [0.717, 1.165) is 11.3 Å². The van der Waals surface area contributed by atoms with E-state index in [1.54, 1.807) is 31.2 Å². The van der Waals surface area contributed by atoms with Gasteiger partial charge in [0.05, 0.1) is 5.69 Å². The van der Waals surface area contributed by atoms with Crippen molar-refractivity contribution in [3.8, 4) is 5.13 Å². The number of thiazole rings is 1. The lowest BCUT2D eigenvalue weighted by atomic mass is 10.0. The SMILES string of the molecule is Cc1ccc(Cc2c(C)[nH]n(-c3nc(C)c(C(=O)Nc4ccc(Cl)cc4)s3)c2=O)cc1. The van der Waals surface area contributed by atoms with E-state index >= 15 is 0 Å². The molecule has 0 fully saturated rings. The molecule has 158 valence electrons. The zero-order chi connectivity index (χ0) is 22.1. The molecule has 0 unspecified atom stereocenters. The van der Waals surface area contributed by atoms with E-state index in [2.05, 4.69) is 15.4 Å². The minimum atomic E-state index is -0.278. The summed E-state index contributed by atoms with van der Waals surface area (Å²) in [6.45, 7) is 5.66. The van der Waals surface area contributed by atoms with Crippen molar-refractivity contribution in [2.45, 2.75) is 27.2 Å². The summed E-state index contributed by atoms with van der Waals surface area (Å²) in [4.78, 5) is 30.7. The molecule has 4 rings (SSSR count). The van der Waals surface area contributed by atoms with Crippen molar-refractivity contribution in [3.05, 3.63) is 96.9 Å². The number of aromatic nitrogens is 3. The van der Waals surface area contributed by atoms with Gasteiger partial charge in [0.15, 0.2) is 0 Å². The number of nitrogens with one attached hydrogen (secondary N) is 2. The summed E-state index contributed by atoms with van der Waals surface area (Å²) in [7, 11) is 0. The second kappa shape index (κ2) is 8.53. The normalized spacial score (nSPS) is 11.0. The number of rotatable bonds is 5. The summed E-state index contributed by atoms with van der Waals surface area (Å²) in [5.74, 6) is -0.278. The Morgan fingerprint density at radius 2 is 1.77 bits per heavy atom. The molecule has 0 aliphatic rings. The molecule has 0 radical (unpaired) electrons. The third kappa shape index (κ3) is 4.47. The van der Waals surface area contributed by atoms with E-state index in [1.165, 1.54) is 21.6 Å². The molecule has 1 amide bonds. The molecule has 0 atom stereocenters. The maximum absolute atomic E-state index is 13.1. The standard InChI is InChI=1S/C23H21ClN4O2S/c1-13-4-6-16(7-5-13)12-19-14(2)27-28(22(19)30)23-25-15(3)20(31-23)21(29)26-18-10-8-17(24)9-11-18/h4-11,27H,12H2,1-3H3,(H,26,29). The zero-order valence-electron chi connectivity index (χ0n) is 17.3. The number of amides is 1. The van der Waals surface area contributed by atoms with Crippen LogP contribution in [0, 0.1) is 20.8 Å². The predicted molar refractivity (Wildman–Crippen MR) is 125 cm³/mol. The Kier molecular flexibility index (Phi) is 5.80. The Morgan fingerprint density at radius 1 is 1.10 bits per heavy atom. The van der Waals surface area contributed by atoms with Gasteiger partial charge in [-0.3, -0.25) is 14.7 Å². The number of carbonyl (C=O) groups is 1. The zero-order valence-corrected chi connectivity index (χ0v) is 18.9. The fraction of sp³-hybridized carbons (Fsp3) is 0.174. The summed E-state index contributed by atoms with van der Waals surface area (Å²) >= 11 is 7.06. The van der Waals surface area contributed by atoms with Gasteiger partial charge in [0, 0.05) is 28.4 Å². The largest absolute Gasteiger partial charge is 0.321 e. The lowest BCUT2D eigenvalue weighted by Crippen LogP contribution is -2.17. The van der Waals surface area contributed by atoms with Crippen LogP contribution in [-0.2, 0) is 6.42 Å². The van der Waals surface area contributed by atoms with Crippen molar-refractivity contribution in [2.24, 2.45) is 0 Å². The van der Waals surface area contributed by atoms with Gasteiger partial charge in [0.2, 0.25) is 5.13 Å². The molecular weight excluding hydrogens is 432 g/mol. The van der Waals surface area contributed by atoms with Crippen LogP contribution in [0.3, 0.4) is 0 Å². The van der Waals surface area contributed by atoms with Gasteiger partial charge in [-0.05, 0) is 50.6 Å². The molecule has 0 saturated heterocycles. The second-order valence-corrected chi connectivity index (χ2v) is 8.80. The first kappa shape index (κ1) is 21.1. The van der Waals surface area contributed by atoms with Gasteiger partial charge >= 0.3 is 0 Å². The Hall–Kier alpha value is -3.16. The summed E-state index contributed by atoms with van der Waals surface area (Å²) in [5.41, 5.74) is 4.75. The molecule has 8 heteroatoms. The molecule has 0 aliphatic heterocycles. The number of benzene rings is 2. The quantitative estimate of drug-likeness (QED) is 0.445. The molecule has 0 saturated carbocycles. The Bertz CT molecular complexity index is 1300. The van der Waals surface area contributed by atoms with Crippen molar-refractivity contribution in [1.82, 2.24) is 14.8 Å². The number of hydrogen-bond acceptors (Lipinski definition) is 4. The highest BCUT2D eigenvalue weighted by Gasteiger charge is 2.20. The fourth-order valence-electron chi connectivity index (χ4n) is 3.24. The summed E-state index contributed by atoms with van der Waals surface area (Å²) in [6.07, 6.45) is 0.530. The van der Waals surface area contributed by atoms with Crippen LogP contribution in [0.4, 0.5) is 5.69 Å². The number of halogens is 1. The highest BCUT2D eigenvalue weighted by atomic mass is 35.5. The van der Waals surface area contributed by atoms with Crippen LogP contribution in [0.1, 0.15) is 37.7 Å². The molecule has 2 N–H and O–H groups in total. The summed E-state index contributed by atoms with van der Waals surface area (Å²) in [6, 6.07) is 15.0.